The Kier molecular flexibility index (Phi) is 9.65. The quantitative estimate of drug-likeness (QED) is 0.112. The topological polar surface area (TPSA) is 83.1 Å². The lowest BCUT2D eigenvalue weighted by atomic mass is 10.0. The number of unbranched alkanes of at least 4 members (excludes halogenated alkanes) is 6. The van der Waals surface area contributed by atoms with Gasteiger partial charge in [-0.3, -0.25) is 0 Å². The summed E-state index contributed by atoms with van der Waals surface area (Å²) in [5.74, 6) is 0. The summed E-state index contributed by atoms with van der Waals surface area (Å²) < 4.78 is 19.1. The third-order valence-corrected chi connectivity index (χ3v) is 11.6. The number of H-pyrrole nitrogens is 2. The van der Waals surface area contributed by atoms with Gasteiger partial charge in [-0.05, 0) is 93.1 Å². The second kappa shape index (κ2) is 14.2. The van der Waals surface area contributed by atoms with Crippen molar-refractivity contribution in [3.05, 3.63) is 70.2 Å². The van der Waals surface area contributed by atoms with Gasteiger partial charge in [0.05, 0.1) is 23.5 Å². The molecule has 47 heavy (non-hydrogen) atoms. The minimum atomic E-state index is 0.923. The lowest BCUT2D eigenvalue weighted by Crippen LogP contribution is -1.87. The van der Waals surface area contributed by atoms with Gasteiger partial charge >= 0.3 is 0 Å². The first-order valence-electron chi connectivity index (χ1n) is 17.0. The standard InChI is InChI=1S/C38H42N6S3/c1-5-7-9-11-13-25-21-33(39-23(25)3)29-16-15-27(35-37(29)43-46-41-35)31-19-20-32(40-31)28-17-18-30(38-36(28)42-47-44-38)34-22-26(24(4)45-34)14-12-10-8-6-2/h15-22,39-40H,5-14H2,1-4H3. The number of thiophene rings is 1. The minimum absolute atomic E-state index is 0.923. The van der Waals surface area contributed by atoms with Gasteiger partial charge in [0.25, 0.3) is 0 Å². The van der Waals surface area contributed by atoms with E-state index in [1.165, 1.54) is 107 Å². The van der Waals surface area contributed by atoms with E-state index >= 15 is 0 Å². The molecule has 7 rings (SSSR count). The van der Waals surface area contributed by atoms with Gasteiger partial charge in [-0.15, -0.1) is 11.3 Å². The molecule has 5 heterocycles. The van der Waals surface area contributed by atoms with Gasteiger partial charge in [-0.1, -0.05) is 58.4 Å². The second-order valence-electron chi connectivity index (χ2n) is 12.7. The third kappa shape index (κ3) is 6.45. The predicted molar refractivity (Wildman–Crippen MR) is 202 cm³/mol. The molecule has 2 N–H and O–H groups in total. The Bertz CT molecular complexity index is 1970. The number of aromatic amines is 2. The Morgan fingerprint density at radius 1 is 0.532 bits per heavy atom. The maximum Gasteiger partial charge on any atom is 0.114 e. The summed E-state index contributed by atoms with van der Waals surface area (Å²) in [4.78, 5) is 10.0. The average Bonchev–Trinajstić information content (AvgIpc) is 3.92. The van der Waals surface area contributed by atoms with Crippen molar-refractivity contribution in [2.45, 2.75) is 91.9 Å². The molecule has 0 fully saturated rings. The van der Waals surface area contributed by atoms with Crippen molar-refractivity contribution in [2.75, 3.05) is 0 Å². The highest BCUT2D eigenvalue weighted by Gasteiger charge is 2.19. The zero-order valence-electron chi connectivity index (χ0n) is 27.7. The summed E-state index contributed by atoms with van der Waals surface area (Å²) in [5, 5.41) is 0. The van der Waals surface area contributed by atoms with E-state index < -0.39 is 0 Å². The average molecular weight is 679 g/mol. The molecule has 2 aromatic carbocycles. The van der Waals surface area contributed by atoms with Crippen LogP contribution in [-0.2, 0) is 12.8 Å². The molecule has 0 amide bonds. The van der Waals surface area contributed by atoms with E-state index in [1.807, 2.05) is 11.3 Å². The van der Waals surface area contributed by atoms with Crippen LogP contribution in [0.3, 0.4) is 0 Å². The number of rotatable bonds is 14. The number of fused-ring (bicyclic) bond motifs is 2. The van der Waals surface area contributed by atoms with Crippen LogP contribution in [0.1, 0.15) is 86.9 Å². The molecule has 0 saturated heterocycles. The molecule has 242 valence electrons. The summed E-state index contributed by atoms with van der Waals surface area (Å²) in [6, 6.07) is 17.8. The highest BCUT2D eigenvalue weighted by Crippen LogP contribution is 2.40. The van der Waals surface area contributed by atoms with Crippen LogP contribution in [0, 0.1) is 13.8 Å². The first-order valence-corrected chi connectivity index (χ1v) is 19.3. The van der Waals surface area contributed by atoms with Gasteiger partial charge in [0.15, 0.2) is 0 Å². The predicted octanol–water partition coefficient (Wildman–Crippen LogP) is 11.9. The molecule has 9 heteroatoms. The Balaban J connectivity index is 1.16. The number of nitrogens with one attached hydrogen (secondary N) is 2. The van der Waals surface area contributed by atoms with Crippen LogP contribution in [0.5, 0.6) is 0 Å². The van der Waals surface area contributed by atoms with Crippen LogP contribution in [0.25, 0.3) is 66.3 Å². The lowest BCUT2D eigenvalue weighted by molar-refractivity contribution is 0.666. The van der Waals surface area contributed by atoms with Crippen LogP contribution < -0.4 is 0 Å². The molecule has 0 radical (unpaired) electrons. The van der Waals surface area contributed by atoms with Crippen molar-refractivity contribution in [1.29, 1.82) is 0 Å². The van der Waals surface area contributed by atoms with Gasteiger partial charge in [0, 0.05) is 54.8 Å². The molecular formula is C38H42N6S3. The Morgan fingerprint density at radius 3 is 1.62 bits per heavy atom. The van der Waals surface area contributed by atoms with Gasteiger partial charge < -0.3 is 9.97 Å². The number of aryl methyl sites for hydroxylation is 4. The molecule has 6 nitrogen and oxygen atoms in total. The Hall–Kier alpha value is -3.66. The first-order chi connectivity index (χ1) is 23.1. The Labute approximate surface area is 289 Å². The van der Waals surface area contributed by atoms with Gasteiger partial charge in [0.2, 0.25) is 0 Å². The maximum atomic E-state index is 4.78. The van der Waals surface area contributed by atoms with E-state index in [9.17, 15) is 0 Å². The molecule has 7 aromatic rings. The second-order valence-corrected chi connectivity index (χ2v) is 15.0. The van der Waals surface area contributed by atoms with E-state index in [0.717, 1.165) is 68.7 Å². The number of hydrogen-bond acceptors (Lipinski definition) is 7. The van der Waals surface area contributed by atoms with E-state index in [0.29, 0.717) is 0 Å². The fourth-order valence-corrected chi connectivity index (χ4v) is 8.93. The van der Waals surface area contributed by atoms with Crippen molar-refractivity contribution < 1.29 is 0 Å². The summed E-state index contributed by atoms with van der Waals surface area (Å²) in [5.41, 5.74) is 15.5. The summed E-state index contributed by atoms with van der Waals surface area (Å²) in [7, 11) is 0. The molecule has 0 spiro atoms. The van der Waals surface area contributed by atoms with Crippen molar-refractivity contribution in [3.63, 3.8) is 0 Å². The van der Waals surface area contributed by atoms with E-state index in [-0.39, 0.29) is 0 Å². The van der Waals surface area contributed by atoms with Crippen LogP contribution in [0.2, 0.25) is 0 Å². The molecule has 0 aliphatic heterocycles. The molecule has 0 atom stereocenters. The number of benzene rings is 2. The van der Waals surface area contributed by atoms with E-state index in [4.69, 9.17) is 17.5 Å². The Morgan fingerprint density at radius 2 is 1.04 bits per heavy atom. The molecule has 0 bridgehead atoms. The summed E-state index contributed by atoms with van der Waals surface area (Å²) in [6.07, 6.45) is 12.5. The van der Waals surface area contributed by atoms with Crippen molar-refractivity contribution >= 4 is 56.9 Å². The zero-order valence-corrected chi connectivity index (χ0v) is 30.2. The maximum absolute atomic E-state index is 4.78. The summed E-state index contributed by atoms with van der Waals surface area (Å²) in [6.45, 7) is 8.96. The largest absolute Gasteiger partial charge is 0.358 e. The molecule has 0 aliphatic rings. The minimum Gasteiger partial charge on any atom is -0.358 e. The van der Waals surface area contributed by atoms with E-state index in [1.54, 1.807) is 0 Å². The molecule has 5 aromatic heterocycles. The SMILES string of the molecule is CCCCCCc1cc(-c2ccc(-c3ccc(-c4ccc(-c5cc(CCCCCC)c(C)s5)c5nsnc45)[nH]3)c3nsnc23)[nH]c1C. The van der Waals surface area contributed by atoms with Crippen LogP contribution in [0.4, 0.5) is 0 Å². The highest BCUT2D eigenvalue weighted by atomic mass is 32.1. The van der Waals surface area contributed by atoms with Crippen LogP contribution >= 0.6 is 34.8 Å². The molecule has 0 aliphatic carbocycles. The number of nitrogens with zero attached hydrogens (tertiary/aromatic N) is 4. The molecule has 0 unspecified atom stereocenters. The fourth-order valence-electron chi connectivity index (χ4n) is 6.68. The first kappa shape index (κ1) is 31.9. The lowest BCUT2D eigenvalue weighted by Gasteiger charge is -2.06. The summed E-state index contributed by atoms with van der Waals surface area (Å²) >= 11 is 4.43. The van der Waals surface area contributed by atoms with Crippen LogP contribution in [-0.4, -0.2) is 27.5 Å². The van der Waals surface area contributed by atoms with Crippen LogP contribution in [0.15, 0.2) is 48.5 Å². The van der Waals surface area contributed by atoms with Gasteiger partial charge in [-0.2, -0.15) is 17.5 Å². The smallest absolute Gasteiger partial charge is 0.114 e. The van der Waals surface area contributed by atoms with Crippen molar-refractivity contribution in [2.24, 2.45) is 0 Å². The van der Waals surface area contributed by atoms with Crippen molar-refractivity contribution in [3.8, 4) is 44.2 Å². The number of aromatic nitrogens is 6. The zero-order chi connectivity index (χ0) is 32.3. The van der Waals surface area contributed by atoms with E-state index in [2.05, 4.69) is 86.2 Å². The van der Waals surface area contributed by atoms with Gasteiger partial charge in [-0.25, -0.2) is 0 Å². The van der Waals surface area contributed by atoms with Crippen molar-refractivity contribution in [1.82, 2.24) is 27.5 Å². The molecular weight excluding hydrogens is 637 g/mol. The highest BCUT2D eigenvalue weighted by molar-refractivity contribution is 7.15. The molecule has 0 saturated carbocycles. The third-order valence-electron chi connectivity index (χ3n) is 9.40. The fraction of sp³-hybridized carbons (Fsp3) is 0.368. The number of hydrogen-bond donors (Lipinski definition) is 2. The van der Waals surface area contributed by atoms with Gasteiger partial charge in [0.1, 0.15) is 22.1 Å². The monoisotopic (exact) mass is 678 g/mol. The normalized spacial score (nSPS) is 11.8.